The molecule has 0 unspecified atom stereocenters. The van der Waals surface area contributed by atoms with Crippen LogP contribution in [0.5, 0.6) is 0 Å². The summed E-state index contributed by atoms with van der Waals surface area (Å²) in [6.45, 7) is 3.41. The maximum atomic E-state index is 12.1. The van der Waals surface area contributed by atoms with Crippen LogP contribution < -0.4 is 10.0 Å². The Balaban J connectivity index is 2.16. The van der Waals surface area contributed by atoms with E-state index in [9.17, 15) is 8.42 Å². The fourth-order valence-electron chi connectivity index (χ4n) is 1.98. The number of hydrogen-bond acceptors (Lipinski definition) is 4. The second-order valence-corrected chi connectivity index (χ2v) is 6.06. The van der Waals surface area contributed by atoms with E-state index >= 15 is 0 Å². The molecular formula is C10H18N4O2S. The van der Waals surface area contributed by atoms with Gasteiger partial charge in [0.1, 0.15) is 4.90 Å². The number of sulfonamides is 1. The van der Waals surface area contributed by atoms with Crippen molar-refractivity contribution >= 4 is 10.0 Å². The average molecular weight is 258 g/mol. The quantitative estimate of drug-likeness (QED) is 0.784. The van der Waals surface area contributed by atoms with E-state index in [0.717, 1.165) is 19.4 Å². The standard InChI is InChI=1S/C10H18N4O2S/c1-8-10(7-12-14(8)2)17(15,16)13-9-4-3-5-11-6-9/h7,9,11,13H,3-6H2,1-2H3/t9-/m0/s1. The molecule has 96 valence electrons. The first kappa shape index (κ1) is 12.5. The molecule has 0 aromatic carbocycles. The van der Waals surface area contributed by atoms with E-state index in [1.807, 2.05) is 0 Å². The van der Waals surface area contributed by atoms with Crippen molar-refractivity contribution in [3.05, 3.63) is 11.9 Å². The lowest BCUT2D eigenvalue weighted by Crippen LogP contribution is -2.45. The normalized spacial score (nSPS) is 21.6. The van der Waals surface area contributed by atoms with Crippen LogP contribution in [0.15, 0.2) is 11.1 Å². The molecule has 0 spiro atoms. The summed E-state index contributed by atoms with van der Waals surface area (Å²) >= 11 is 0. The van der Waals surface area contributed by atoms with Crippen molar-refractivity contribution in [1.29, 1.82) is 0 Å². The third-order valence-corrected chi connectivity index (χ3v) is 4.72. The van der Waals surface area contributed by atoms with Gasteiger partial charge in [-0.25, -0.2) is 13.1 Å². The van der Waals surface area contributed by atoms with Crippen LogP contribution in [0, 0.1) is 6.92 Å². The molecule has 0 saturated carbocycles. The summed E-state index contributed by atoms with van der Waals surface area (Å²) in [5.41, 5.74) is 0.654. The highest BCUT2D eigenvalue weighted by Crippen LogP contribution is 2.14. The zero-order valence-electron chi connectivity index (χ0n) is 10.1. The van der Waals surface area contributed by atoms with Crippen LogP contribution in [0.2, 0.25) is 0 Å². The van der Waals surface area contributed by atoms with E-state index < -0.39 is 10.0 Å². The Morgan fingerprint density at radius 3 is 2.88 bits per heavy atom. The molecule has 6 nitrogen and oxygen atoms in total. The van der Waals surface area contributed by atoms with Crippen LogP contribution >= 0.6 is 0 Å². The smallest absolute Gasteiger partial charge is 0.244 e. The molecule has 0 bridgehead atoms. The van der Waals surface area contributed by atoms with Gasteiger partial charge >= 0.3 is 0 Å². The SMILES string of the molecule is Cc1c(S(=O)(=O)N[C@H]2CCCNC2)cnn1C. The molecule has 2 rings (SSSR count). The Morgan fingerprint density at radius 2 is 2.35 bits per heavy atom. The van der Waals surface area contributed by atoms with Crippen molar-refractivity contribution in [3.63, 3.8) is 0 Å². The summed E-state index contributed by atoms with van der Waals surface area (Å²) in [7, 11) is -1.71. The van der Waals surface area contributed by atoms with Crippen molar-refractivity contribution < 1.29 is 8.42 Å². The molecule has 17 heavy (non-hydrogen) atoms. The van der Waals surface area contributed by atoms with E-state index in [0.29, 0.717) is 12.2 Å². The minimum atomic E-state index is -3.44. The van der Waals surface area contributed by atoms with Gasteiger partial charge in [-0.3, -0.25) is 4.68 Å². The van der Waals surface area contributed by atoms with Crippen molar-refractivity contribution in [2.24, 2.45) is 7.05 Å². The van der Waals surface area contributed by atoms with Crippen molar-refractivity contribution in [2.75, 3.05) is 13.1 Å². The van der Waals surface area contributed by atoms with E-state index in [-0.39, 0.29) is 10.9 Å². The van der Waals surface area contributed by atoms with Crippen LogP contribution in [-0.2, 0) is 17.1 Å². The second kappa shape index (κ2) is 4.75. The first-order valence-corrected chi connectivity index (χ1v) is 7.20. The van der Waals surface area contributed by atoms with Crippen LogP contribution in [0.4, 0.5) is 0 Å². The monoisotopic (exact) mass is 258 g/mol. The van der Waals surface area contributed by atoms with E-state index in [1.165, 1.54) is 6.20 Å². The molecular weight excluding hydrogens is 240 g/mol. The van der Waals surface area contributed by atoms with Crippen LogP contribution in [0.1, 0.15) is 18.5 Å². The van der Waals surface area contributed by atoms with Gasteiger partial charge < -0.3 is 5.32 Å². The third-order valence-electron chi connectivity index (χ3n) is 3.10. The van der Waals surface area contributed by atoms with E-state index in [1.54, 1.807) is 18.7 Å². The lowest BCUT2D eigenvalue weighted by atomic mass is 10.1. The molecule has 1 aromatic heterocycles. The number of hydrogen-bond donors (Lipinski definition) is 2. The average Bonchev–Trinajstić information content (AvgIpc) is 2.61. The number of nitrogens with one attached hydrogen (secondary N) is 2. The second-order valence-electron chi connectivity index (χ2n) is 4.38. The summed E-state index contributed by atoms with van der Waals surface area (Å²) in [4.78, 5) is 0.269. The molecule has 1 atom stereocenters. The maximum absolute atomic E-state index is 12.1. The van der Waals surface area contributed by atoms with Crippen molar-refractivity contribution in [3.8, 4) is 0 Å². The highest BCUT2D eigenvalue weighted by molar-refractivity contribution is 7.89. The van der Waals surface area contributed by atoms with Gasteiger partial charge in [0.25, 0.3) is 0 Å². The van der Waals surface area contributed by atoms with Gasteiger partial charge in [0.15, 0.2) is 0 Å². The molecule has 1 saturated heterocycles. The highest BCUT2D eigenvalue weighted by Gasteiger charge is 2.24. The van der Waals surface area contributed by atoms with E-state index in [4.69, 9.17) is 0 Å². The minimum absolute atomic E-state index is 0.0200. The Bertz CT molecular complexity index is 488. The molecule has 0 radical (unpaired) electrons. The first-order chi connectivity index (χ1) is 8.00. The Kier molecular flexibility index (Phi) is 3.50. The largest absolute Gasteiger partial charge is 0.315 e. The molecule has 2 N–H and O–H groups in total. The zero-order valence-corrected chi connectivity index (χ0v) is 10.9. The first-order valence-electron chi connectivity index (χ1n) is 5.72. The van der Waals surface area contributed by atoms with Crippen LogP contribution in [0.25, 0.3) is 0 Å². The lowest BCUT2D eigenvalue weighted by Gasteiger charge is -2.23. The van der Waals surface area contributed by atoms with Gasteiger partial charge in [0.05, 0.1) is 11.9 Å². The van der Waals surface area contributed by atoms with Crippen molar-refractivity contribution in [1.82, 2.24) is 19.8 Å². The molecule has 1 fully saturated rings. The summed E-state index contributed by atoms with van der Waals surface area (Å²) in [6, 6.07) is -0.0200. The number of rotatable bonds is 3. The number of aromatic nitrogens is 2. The number of nitrogens with zero attached hydrogens (tertiary/aromatic N) is 2. The number of aryl methyl sites for hydroxylation is 1. The Morgan fingerprint density at radius 1 is 1.59 bits per heavy atom. The molecule has 0 aliphatic carbocycles. The number of piperidine rings is 1. The predicted molar refractivity (Wildman–Crippen MR) is 64.2 cm³/mol. The molecule has 7 heteroatoms. The van der Waals surface area contributed by atoms with Crippen molar-refractivity contribution in [2.45, 2.75) is 30.7 Å². The fourth-order valence-corrected chi connectivity index (χ4v) is 3.45. The Hall–Kier alpha value is -0.920. The highest BCUT2D eigenvalue weighted by atomic mass is 32.2. The van der Waals surface area contributed by atoms with Gasteiger partial charge in [0.2, 0.25) is 10.0 Å². The summed E-state index contributed by atoms with van der Waals surface area (Å²) in [5.74, 6) is 0. The van der Waals surface area contributed by atoms with Crippen LogP contribution in [0.3, 0.4) is 0 Å². The van der Waals surface area contributed by atoms with Crippen LogP contribution in [-0.4, -0.2) is 37.3 Å². The van der Waals surface area contributed by atoms with Gasteiger partial charge in [-0.15, -0.1) is 0 Å². The Labute approximate surface area is 101 Å². The summed E-state index contributed by atoms with van der Waals surface area (Å²) in [6.07, 6.45) is 3.28. The van der Waals surface area contributed by atoms with Gasteiger partial charge in [-0.2, -0.15) is 5.10 Å². The minimum Gasteiger partial charge on any atom is -0.315 e. The van der Waals surface area contributed by atoms with Gasteiger partial charge in [-0.05, 0) is 26.3 Å². The summed E-state index contributed by atoms with van der Waals surface area (Å²) in [5, 5.41) is 7.14. The molecule has 1 aromatic rings. The molecule has 1 aliphatic rings. The maximum Gasteiger partial charge on any atom is 0.244 e. The van der Waals surface area contributed by atoms with E-state index in [2.05, 4.69) is 15.1 Å². The third kappa shape index (κ3) is 2.67. The molecule has 1 aliphatic heterocycles. The molecule has 2 heterocycles. The topological polar surface area (TPSA) is 76.0 Å². The van der Waals surface area contributed by atoms with Gasteiger partial charge in [0, 0.05) is 19.6 Å². The molecule has 0 amide bonds. The predicted octanol–water partition coefficient (Wildman–Crippen LogP) is -0.241. The zero-order chi connectivity index (χ0) is 12.5. The fraction of sp³-hybridized carbons (Fsp3) is 0.700. The lowest BCUT2D eigenvalue weighted by molar-refractivity contribution is 0.428. The summed E-state index contributed by atoms with van der Waals surface area (Å²) < 4.78 is 28.6. The van der Waals surface area contributed by atoms with Gasteiger partial charge in [-0.1, -0.05) is 0 Å².